The lowest BCUT2D eigenvalue weighted by Gasteiger charge is -2.12. The zero-order valence-electron chi connectivity index (χ0n) is 13.1. The van der Waals surface area contributed by atoms with Crippen molar-refractivity contribution in [3.05, 3.63) is 64.2 Å². The van der Waals surface area contributed by atoms with Crippen LogP contribution in [0.2, 0.25) is 0 Å². The first-order chi connectivity index (χ1) is 11.0. The van der Waals surface area contributed by atoms with Gasteiger partial charge in [0.05, 0.1) is 18.6 Å². The van der Waals surface area contributed by atoms with Crippen molar-refractivity contribution >= 4 is 11.8 Å². The van der Waals surface area contributed by atoms with Crippen molar-refractivity contribution in [2.45, 2.75) is 25.7 Å². The standard InChI is InChI=1S/C19H18O4/c1-11-5-3-4-6-13(11)18(21)16-9-12-7-8-14(19(22)23-2)15(12)10-17(16)20/h3-6,9-10,14,20H,7-8H2,1-2H3. The monoisotopic (exact) mass is 310 g/mol. The fraction of sp³-hybridized carbons (Fsp3) is 0.263. The molecule has 4 nitrogen and oxygen atoms in total. The molecule has 118 valence electrons. The van der Waals surface area contributed by atoms with Crippen LogP contribution in [0, 0.1) is 6.92 Å². The highest BCUT2D eigenvalue weighted by atomic mass is 16.5. The number of phenols is 1. The lowest BCUT2D eigenvalue weighted by molar-refractivity contribution is -0.142. The van der Waals surface area contributed by atoms with Crippen LogP contribution >= 0.6 is 0 Å². The van der Waals surface area contributed by atoms with E-state index in [0.29, 0.717) is 18.4 Å². The van der Waals surface area contributed by atoms with E-state index >= 15 is 0 Å². The van der Waals surface area contributed by atoms with Crippen molar-refractivity contribution in [1.29, 1.82) is 0 Å². The molecule has 2 aromatic rings. The molecule has 0 fully saturated rings. The minimum Gasteiger partial charge on any atom is -0.507 e. The highest BCUT2D eigenvalue weighted by Crippen LogP contribution is 2.38. The average molecular weight is 310 g/mol. The summed E-state index contributed by atoms with van der Waals surface area (Å²) in [5, 5.41) is 10.3. The predicted octanol–water partition coefficient (Wildman–Crippen LogP) is 3.13. The van der Waals surface area contributed by atoms with Gasteiger partial charge in [-0.3, -0.25) is 9.59 Å². The number of benzene rings is 2. The van der Waals surface area contributed by atoms with E-state index < -0.39 is 0 Å². The van der Waals surface area contributed by atoms with E-state index in [1.807, 2.05) is 19.1 Å². The number of aromatic hydroxyl groups is 1. The molecule has 4 heteroatoms. The second-order valence-electron chi connectivity index (χ2n) is 5.83. The molecule has 1 unspecified atom stereocenters. The third-order valence-corrected chi connectivity index (χ3v) is 4.46. The average Bonchev–Trinajstić information content (AvgIpc) is 2.96. The van der Waals surface area contributed by atoms with Crippen molar-refractivity contribution in [2.75, 3.05) is 7.11 Å². The zero-order valence-corrected chi connectivity index (χ0v) is 13.1. The van der Waals surface area contributed by atoms with Crippen molar-refractivity contribution in [1.82, 2.24) is 0 Å². The van der Waals surface area contributed by atoms with Gasteiger partial charge in [0, 0.05) is 5.56 Å². The maximum absolute atomic E-state index is 12.7. The second kappa shape index (κ2) is 5.88. The van der Waals surface area contributed by atoms with Crippen molar-refractivity contribution in [3.8, 4) is 5.75 Å². The van der Waals surface area contributed by atoms with Gasteiger partial charge in [0.1, 0.15) is 5.75 Å². The molecule has 23 heavy (non-hydrogen) atoms. The van der Waals surface area contributed by atoms with E-state index in [-0.39, 0.29) is 29.0 Å². The molecule has 0 heterocycles. The van der Waals surface area contributed by atoms with Crippen molar-refractivity contribution in [2.24, 2.45) is 0 Å². The van der Waals surface area contributed by atoms with Gasteiger partial charge in [0.25, 0.3) is 0 Å². The van der Waals surface area contributed by atoms with Crippen LogP contribution in [0.3, 0.4) is 0 Å². The topological polar surface area (TPSA) is 63.6 Å². The molecular weight excluding hydrogens is 292 g/mol. The van der Waals surface area contributed by atoms with E-state index in [9.17, 15) is 14.7 Å². The molecular formula is C19H18O4. The summed E-state index contributed by atoms with van der Waals surface area (Å²) in [4.78, 5) is 24.5. The van der Waals surface area contributed by atoms with E-state index in [1.54, 1.807) is 18.2 Å². The van der Waals surface area contributed by atoms with Crippen LogP contribution < -0.4 is 0 Å². The molecule has 0 saturated heterocycles. The minimum atomic E-state index is -0.358. The third-order valence-electron chi connectivity index (χ3n) is 4.46. The molecule has 0 bridgehead atoms. The smallest absolute Gasteiger partial charge is 0.313 e. The number of carbonyl (C=O) groups is 2. The number of esters is 1. The SMILES string of the molecule is COC(=O)C1CCc2cc(C(=O)c3ccccc3C)c(O)cc21. The molecule has 0 saturated carbocycles. The Morgan fingerprint density at radius 2 is 1.91 bits per heavy atom. The van der Waals surface area contributed by atoms with Gasteiger partial charge in [-0.2, -0.15) is 0 Å². The number of carbonyl (C=O) groups excluding carboxylic acids is 2. The minimum absolute atomic E-state index is 0.0900. The Morgan fingerprint density at radius 1 is 1.17 bits per heavy atom. The molecule has 3 rings (SSSR count). The Labute approximate surface area is 134 Å². The molecule has 0 spiro atoms. The van der Waals surface area contributed by atoms with Gasteiger partial charge in [0.2, 0.25) is 0 Å². The first kappa shape index (κ1) is 15.3. The Morgan fingerprint density at radius 3 is 2.61 bits per heavy atom. The van der Waals surface area contributed by atoms with Crippen LogP contribution in [0.15, 0.2) is 36.4 Å². The Bertz CT molecular complexity index is 792. The first-order valence-corrected chi connectivity index (χ1v) is 7.57. The van der Waals surface area contributed by atoms with Gasteiger partial charge in [-0.25, -0.2) is 0 Å². The summed E-state index contributed by atoms with van der Waals surface area (Å²) in [5.74, 6) is -0.956. The number of aryl methyl sites for hydroxylation is 2. The lowest BCUT2D eigenvalue weighted by Crippen LogP contribution is -2.11. The molecule has 0 aliphatic heterocycles. The summed E-state index contributed by atoms with van der Waals surface area (Å²) in [5.41, 5.74) is 3.41. The molecule has 1 aliphatic carbocycles. The summed E-state index contributed by atoms with van der Waals surface area (Å²) in [7, 11) is 1.36. The van der Waals surface area contributed by atoms with Gasteiger partial charge >= 0.3 is 5.97 Å². The summed E-state index contributed by atoms with van der Waals surface area (Å²) < 4.78 is 4.81. The molecule has 1 aliphatic rings. The maximum atomic E-state index is 12.7. The molecule has 1 atom stereocenters. The van der Waals surface area contributed by atoms with Crippen LogP contribution in [-0.2, 0) is 16.0 Å². The van der Waals surface area contributed by atoms with E-state index in [2.05, 4.69) is 0 Å². The number of methoxy groups -OCH3 is 1. The molecule has 0 radical (unpaired) electrons. The van der Waals surface area contributed by atoms with Crippen molar-refractivity contribution < 1.29 is 19.4 Å². The highest BCUT2D eigenvalue weighted by molar-refractivity contribution is 6.11. The number of phenolic OH excluding ortho intramolecular Hbond substituents is 1. The van der Waals surface area contributed by atoms with E-state index in [4.69, 9.17) is 4.74 Å². The molecule has 1 N–H and O–H groups in total. The molecule has 0 amide bonds. The second-order valence-corrected chi connectivity index (χ2v) is 5.83. The Hall–Kier alpha value is -2.62. The fourth-order valence-electron chi connectivity index (χ4n) is 3.19. The summed E-state index contributed by atoms with van der Waals surface area (Å²) in [6, 6.07) is 10.5. The van der Waals surface area contributed by atoms with Gasteiger partial charge in [-0.15, -0.1) is 0 Å². The highest BCUT2D eigenvalue weighted by Gasteiger charge is 2.31. The first-order valence-electron chi connectivity index (χ1n) is 7.57. The maximum Gasteiger partial charge on any atom is 0.313 e. The summed E-state index contributed by atoms with van der Waals surface area (Å²) >= 11 is 0. The van der Waals surface area contributed by atoms with Gasteiger partial charge in [-0.05, 0) is 48.6 Å². The summed E-state index contributed by atoms with van der Waals surface area (Å²) in [6.07, 6.45) is 1.34. The van der Waals surface area contributed by atoms with Crippen LogP contribution in [0.5, 0.6) is 5.75 Å². The number of fused-ring (bicyclic) bond motifs is 1. The van der Waals surface area contributed by atoms with E-state index in [1.165, 1.54) is 13.2 Å². The Balaban J connectivity index is 2.02. The molecule has 2 aromatic carbocycles. The van der Waals surface area contributed by atoms with Gasteiger partial charge in [0.15, 0.2) is 5.78 Å². The van der Waals surface area contributed by atoms with E-state index in [0.717, 1.165) is 16.7 Å². The van der Waals surface area contributed by atoms with Crippen LogP contribution in [0.4, 0.5) is 0 Å². The van der Waals surface area contributed by atoms with Crippen molar-refractivity contribution in [3.63, 3.8) is 0 Å². The van der Waals surface area contributed by atoms with Gasteiger partial charge < -0.3 is 9.84 Å². The zero-order chi connectivity index (χ0) is 16.6. The number of ether oxygens (including phenoxy) is 1. The largest absolute Gasteiger partial charge is 0.507 e. The van der Waals surface area contributed by atoms with Gasteiger partial charge in [-0.1, -0.05) is 24.3 Å². The number of rotatable bonds is 3. The molecule has 0 aromatic heterocycles. The fourth-order valence-corrected chi connectivity index (χ4v) is 3.19. The lowest BCUT2D eigenvalue weighted by atomic mass is 9.94. The summed E-state index contributed by atoms with van der Waals surface area (Å²) in [6.45, 7) is 1.87. The quantitative estimate of drug-likeness (QED) is 0.699. The predicted molar refractivity (Wildman–Crippen MR) is 85.8 cm³/mol. The van der Waals surface area contributed by atoms with Crippen LogP contribution in [0.1, 0.15) is 45.0 Å². The van der Waals surface area contributed by atoms with Crippen LogP contribution in [-0.4, -0.2) is 24.0 Å². The number of hydrogen-bond acceptors (Lipinski definition) is 4. The number of ketones is 1. The Kier molecular flexibility index (Phi) is 3.90. The normalized spacial score (nSPS) is 16.0. The van der Waals surface area contributed by atoms with Crippen LogP contribution in [0.25, 0.3) is 0 Å². The number of hydrogen-bond donors (Lipinski definition) is 1. The third kappa shape index (κ3) is 2.61.